The van der Waals surface area contributed by atoms with E-state index >= 15 is 0 Å². The number of hydrazone groups is 1. The number of phenols is 1. The van der Waals surface area contributed by atoms with Crippen molar-refractivity contribution in [3.05, 3.63) is 29.8 Å². The highest BCUT2D eigenvalue weighted by Crippen LogP contribution is 2.08. The molecular weight excluding hydrogens is 240 g/mol. The predicted molar refractivity (Wildman–Crippen MR) is 77.2 cm³/mol. The smallest absolute Gasteiger partial charge is 0.240 e. The average molecular weight is 262 g/mol. The Kier molecular flexibility index (Phi) is 7.32. The van der Waals surface area contributed by atoms with Crippen LogP contribution in [-0.4, -0.2) is 17.2 Å². The minimum Gasteiger partial charge on any atom is -0.508 e. The molecule has 1 aromatic rings. The van der Waals surface area contributed by atoms with Crippen molar-refractivity contribution in [1.29, 1.82) is 0 Å². The molecule has 0 saturated heterocycles. The molecule has 2 N–H and O–H groups in total. The lowest BCUT2D eigenvalue weighted by Gasteiger charge is -2.00. The number of benzene rings is 1. The first-order valence-corrected chi connectivity index (χ1v) is 6.83. The number of nitrogens with zero attached hydrogens (tertiary/aromatic N) is 1. The van der Waals surface area contributed by atoms with Gasteiger partial charge >= 0.3 is 0 Å². The summed E-state index contributed by atoms with van der Waals surface area (Å²) in [6.45, 7) is 2.17. The van der Waals surface area contributed by atoms with E-state index in [1.165, 1.54) is 25.5 Å². The topological polar surface area (TPSA) is 61.7 Å². The van der Waals surface area contributed by atoms with Gasteiger partial charge in [0.05, 0.1) is 6.21 Å². The van der Waals surface area contributed by atoms with Crippen molar-refractivity contribution < 1.29 is 9.90 Å². The Morgan fingerprint density at radius 1 is 1.32 bits per heavy atom. The molecule has 0 heterocycles. The summed E-state index contributed by atoms with van der Waals surface area (Å²) in [6.07, 6.45) is 7.68. The van der Waals surface area contributed by atoms with Crippen LogP contribution in [0.1, 0.15) is 51.0 Å². The lowest BCUT2D eigenvalue weighted by atomic mass is 10.1. The molecule has 0 spiro atoms. The van der Waals surface area contributed by atoms with Crippen LogP contribution in [0.4, 0.5) is 0 Å². The summed E-state index contributed by atoms with van der Waals surface area (Å²) in [7, 11) is 0. The maximum Gasteiger partial charge on any atom is 0.240 e. The first-order chi connectivity index (χ1) is 9.22. The van der Waals surface area contributed by atoms with E-state index in [9.17, 15) is 9.90 Å². The summed E-state index contributed by atoms with van der Waals surface area (Å²) in [4.78, 5) is 11.5. The summed E-state index contributed by atoms with van der Waals surface area (Å²) in [5.41, 5.74) is 3.24. The SMILES string of the molecule is CCCCCCCC(=O)N/N=C/c1cccc(O)c1. The van der Waals surface area contributed by atoms with E-state index in [1.54, 1.807) is 24.3 Å². The van der Waals surface area contributed by atoms with E-state index in [2.05, 4.69) is 17.5 Å². The first kappa shape index (κ1) is 15.2. The largest absolute Gasteiger partial charge is 0.508 e. The standard InChI is InChI=1S/C15H22N2O2/c1-2-3-4-5-6-10-15(19)17-16-12-13-8-7-9-14(18)11-13/h7-9,11-12,18H,2-6,10H2,1H3,(H,17,19)/b16-12+. The second-order valence-electron chi connectivity index (χ2n) is 4.55. The fraction of sp³-hybridized carbons (Fsp3) is 0.467. The Morgan fingerprint density at radius 2 is 2.11 bits per heavy atom. The number of carbonyl (C=O) groups excluding carboxylic acids is 1. The van der Waals surface area contributed by atoms with Crippen LogP contribution in [0.2, 0.25) is 0 Å². The molecule has 0 bridgehead atoms. The maximum atomic E-state index is 11.5. The molecule has 1 rings (SSSR count). The molecule has 0 saturated carbocycles. The van der Waals surface area contributed by atoms with Gasteiger partial charge in [0.15, 0.2) is 0 Å². The molecule has 1 amide bonds. The van der Waals surface area contributed by atoms with Gasteiger partial charge < -0.3 is 5.11 Å². The molecule has 0 radical (unpaired) electrons. The van der Waals surface area contributed by atoms with Crippen molar-refractivity contribution in [1.82, 2.24) is 5.43 Å². The van der Waals surface area contributed by atoms with E-state index in [0.717, 1.165) is 18.4 Å². The van der Waals surface area contributed by atoms with Gasteiger partial charge in [0.1, 0.15) is 5.75 Å². The first-order valence-electron chi connectivity index (χ1n) is 6.83. The van der Waals surface area contributed by atoms with Gasteiger partial charge in [-0.1, -0.05) is 44.7 Å². The average Bonchev–Trinajstić information content (AvgIpc) is 2.38. The molecule has 4 nitrogen and oxygen atoms in total. The van der Waals surface area contributed by atoms with Gasteiger partial charge in [0, 0.05) is 6.42 Å². The van der Waals surface area contributed by atoms with E-state index < -0.39 is 0 Å². The van der Waals surface area contributed by atoms with Crippen LogP contribution in [0.15, 0.2) is 29.4 Å². The molecule has 0 aliphatic rings. The van der Waals surface area contributed by atoms with Gasteiger partial charge in [-0.05, 0) is 24.1 Å². The predicted octanol–water partition coefficient (Wildman–Crippen LogP) is 3.20. The lowest BCUT2D eigenvalue weighted by Crippen LogP contribution is -2.16. The van der Waals surface area contributed by atoms with Crippen molar-refractivity contribution >= 4 is 12.1 Å². The molecular formula is C15H22N2O2. The van der Waals surface area contributed by atoms with Crippen LogP contribution in [0.5, 0.6) is 5.75 Å². The Bertz CT molecular complexity index is 416. The molecule has 0 fully saturated rings. The van der Waals surface area contributed by atoms with Crippen molar-refractivity contribution in [3.8, 4) is 5.75 Å². The summed E-state index contributed by atoms with van der Waals surface area (Å²) >= 11 is 0. The van der Waals surface area contributed by atoms with Crippen LogP contribution < -0.4 is 5.43 Å². The van der Waals surface area contributed by atoms with Crippen molar-refractivity contribution in [2.24, 2.45) is 5.10 Å². The summed E-state index contributed by atoms with van der Waals surface area (Å²) < 4.78 is 0. The highest BCUT2D eigenvalue weighted by atomic mass is 16.3. The highest BCUT2D eigenvalue weighted by molar-refractivity contribution is 5.82. The number of hydrogen-bond donors (Lipinski definition) is 2. The molecule has 0 atom stereocenters. The minimum atomic E-state index is -0.0621. The molecule has 0 unspecified atom stereocenters. The van der Waals surface area contributed by atoms with E-state index in [4.69, 9.17) is 0 Å². The Labute approximate surface area is 114 Å². The summed E-state index contributed by atoms with van der Waals surface area (Å²) in [5, 5.41) is 13.1. The lowest BCUT2D eigenvalue weighted by molar-refractivity contribution is -0.121. The van der Waals surface area contributed by atoms with E-state index in [-0.39, 0.29) is 11.7 Å². The molecule has 19 heavy (non-hydrogen) atoms. The number of hydrogen-bond acceptors (Lipinski definition) is 3. The number of nitrogens with one attached hydrogen (secondary N) is 1. The zero-order valence-electron chi connectivity index (χ0n) is 11.4. The highest BCUT2D eigenvalue weighted by Gasteiger charge is 1.98. The second-order valence-corrected chi connectivity index (χ2v) is 4.55. The third-order valence-corrected chi connectivity index (χ3v) is 2.78. The third-order valence-electron chi connectivity index (χ3n) is 2.78. The second kappa shape index (κ2) is 9.14. The fourth-order valence-electron chi connectivity index (χ4n) is 1.73. The van der Waals surface area contributed by atoms with Crippen molar-refractivity contribution in [3.63, 3.8) is 0 Å². The Hall–Kier alpha value is -1.84. The number of rotatable bonds is 8. The van der Waals surface area contributed by atoms with Gasteiger partial charge in [-0.2, -0.15) is 5.10 Å². The molecule has 0 aliphatic carbocycles. The number of phenolic OH excluding ortho intramolecular Hbond substituents is 1. The fourth-order valence-corrected chi connectivity index (χ4v) is 1.73. The number of amides is 1. The monoisotopic (exact) mass is 262 g/mol. The molecule has 1 aromatic carbocycles. The van der Waals surface area contributed by atoms with Crippen LogP contribution in [0, 0.1) is 0 Å². The van der Waals surface area contributed by atoms with Gasteiger partial charge in [0.25, 0.3) is 0 Å². The molecule has 0 aliphatic heterocycles. The van der Waals surface area contributed by atoms with Crippen LogP contribution in [0.25, 0.3) is 0 Å². The van der Waals surface area contributed by atoms with Gasteiger partial charge in [-0.15, -0.1) is 0 Å². The number of unbranched alkanes of at least 4 members (excludes halogenated alkanes) is 4. The quantitative estimate of drug-likeness (QED) is 0.429. The van der Waals surface area contributed by atoms with Gasteiger partial charge in [0.2, 0.25) is 5.91 Å². The zero-order valence-corrected chi connectivity index (χ0v) is 11.4. The van der Waals surface area contributed by atoms with Crippen LogP contribution in [0.3, 0.4) is 0 Å². The molecule has 0 aromatic heterocycles. The van der Waals surface area contributed by atoms with Crippen LogP contribution >= 0.6 is 0 Å². The van der Waals surface area contributed by atoms with Crippen LogP contribution in [-0.2, 0) is 4.79 Å². The maximum absolute atomic E-state index is 11.5. The molecule has 4 heteroatoms. The Morgan fingerprint density at radius 3 is 2.84 bits per heavy atom. The van der Waals surface area contributed by atoms with Gasteiger partial charge in [-0.3, -0.25) is 4.79 Å². The van der Waals surface area contributed by atoms with Crippen molar-refractivity contribution in [2.75, 3.05) is 0 Å². The molecule has 104 valence electrons. The zero-order chi connectivity index (χ0) is 13.9. The van der Waals surface area contributed by atoms with E-state index in [0.29, 0.717) is 6.42 Å². The van der Waals surface area contributed by atoms with Crippen molar-refractivity contribution in [2.45, 2.75) is 45.4 Å². The normalized spacial score (nSPS) is 10.8. The van der Waals surface area contributed by atoms with E-state index in [1.807, 2.05) is 0 Å². The number of carbonyl (C=O) groups is 1. The summed E-state index contributed by atoms with van der Waals surface area (Å²) in [5.74, 6) is 0.124. The number of aromatic hydroxyl groups is 1. The summed E-state index contributed by atoms with van der Waals surface area (Å²) in [6, 6.07) is 6.71. The minimum absolute atomic E-state index is 0.0621. The van der Waals surface area contributed by atoms with Gasteiger partial charge in [-0.25, -0.2) is 5.43 Å². The Balaban J connectivity index is 2.19. The third kappa shape index (κ3) is 7.24.